The van der Waals surface area contributed by atoms with Gasteiger partial charge in [-0.15, -0.1) is 11.3 Å². The first-order valence-corrected chi connectivity index (χ1v) is 11.8. The molecule has 0 aliphatic heterocycles. The molecule has 8 heteroatoms. The van der Waals surface area contributed by atoms with E-state index in [2.05, 4.69) is 4.99 Å². The van der Waals surface area contributed by atoms with Gasteiger partial charge in [0.25, 0.3) is 0 Å². The number of benzene rings is 2. The number of hydrogen-bond donors (Lipinski definition) is 0. The van der Waals surface area contributed by atoms with E-state index in [9.17, 15) is 4.79 Å². The van der Waals surface area contributed by atoms with Crippen LogP contribution in [0.5, 0.6) is 0 Å². The molecule has 3 heterocycles. The van der Waals surface area contributed by atoms with Crippen molar-refractivity contribution >= 4 is 28.5 Å². The summed E-state index contributed by atoms with van der Waals surface area (Å²) in [4.78, 5) is 18.4. The van der Waals surface area contributed by atoms with Crippen molar-refractivity contribution in [3.05, 3.63) is 98.7 Å². The summed E-state index contributed by atoms with van der Waals surface area (Å²) in [6, 6.07) is 19.2. The predicted octanol–water partition coefficient (Wildman–Crippen LogP) is 5.01. The fourth-order valence-corrected chi connectivity index (χ4v) is 4.52. The van der Waals surface area contributed by atoms with E-state index in [0.717, 1.165) is 21.6 Å². The molecule has 0 fully saturated rings. The minimum absolute atomic E-state index is 0.151. The molecule has 170 valence electrons. The highest BCUT2D eigenvalue weighted by Crippen LogP contribution is 2.23. The van der Waals surface area contributed by atoms with Gasteiger partial charge in [-0.1, -0.05) is 36.4 Å². The molecule has 5 aromatic rings. The number of rotatable bonds is 5. The van der Waals surface area contributed by atoms with Gasteiger partial charge in [-0.25, -0.2) is 14.2 Å². The molecule has 0 saturated carbocycles. The fourth-order valence-electron chi connectivity index (χ4n) is 3.59. The average Bonchev–Trinajstić information content (AvgIpc) is 3.41. The largest absolute Gasteiger partial charge is 0.422 e. The number of fused-ring (bicyclic) bond motifs is 1. The molecule has 0 atom stereocenters. The quantitative estimate of drug-likeness (QED) is 0.268. The highest BCUT2D eigenvalue weighted by atomic mass is 32.1. The maximum atomic E-state index is 12.9. The molecule has 34 heavy (non-hydrogen) atoms. The lowest BCUT2D eigenvalue weighted by molar-refractivity contribution is 0.563. The smallest absolute Gasteiger partial charge is 0.345 e. The molecule has 0 unspecified atom stereocenters. The summed E-state index contributed by atoms with van der Waals surface area (Å²) >= 11 is 1.54. The molecular formula is C26H23N5O2S. The zero-order chi connectivity index (χ0) is 23.7. The third-order valence-corrected chi connectivity index (χ3v) is 6.14. The van der Waals surface area contributed by atoms with E-state index in [-0.39, 0.29) is 6.04 Å². The molecule has 0 aliphatic rings. The van der Waals surface area contributed by atoms with Crippen LogP contribution in [0.1, 0.15) is 25.1 Å². The predicted molar refractivity (Wildman–Crippen MR) is 136 cm³/mol. The number of nitrogens with zero attached hydrogens (tertiary/aromatic N) is 5. The maximum Gasteiger partial charge on any atom is 0.345 e. The topological polar surface area (TPSA) is 77.7 Å². The normalized spacial score (nSPS) is 12.4. The molecule has 0 aliphatic carbocycles. The van der Waals surface area contributed by atoms with Crippen molar-refractivity contribution in [3.8, 4) is 16.9 Å². The summed E-state index contributed by atoms with van der Waals surface area (Å²) < 4.78 is 9.13. The van der Waals surface area contributed by atoms with E-state index in [1.165, 1.54) is 0 Å². The second-order valence-corrected chi connectivity index (χ2v) is 8.97. The van der Waals surface area contributed by atoms with E-state index in [1.54, 1.807) is 33.0 Å². The first kappa shape index (κ1) is 21.8. The number of aromatic nitrogens is 3. The summed E-state index contributed by atoms with van der Waals surface area (Å²) in [6.45, 7) is 6.05. The van der Waals surface area contributed by atoms with Gasteiger partial charge in [0, 0.05) is 28.6 Å². The summed E-state index contributed by atoms with van der Waals surface area (Å²) in [6.07, 6.45) is 3.58. The molecular weight excluding hydrogens is 446 g/mol. The van der Waals surface area contributed by atoms with Crippen molar-refractivity contribution in [3.63, 3.8) is 0 Å². The Bertz CT molecular complexity index is 1620. The number of hydrogen-bond acceptors (Lipinski definition) is 6. The van der Waals surface area contributed by atoms with Gasteiger partial charge in [-0.05, 0) is 45.0 Å². The fraction of sp³-hybridized carbons (Fsp3) is 0.154. The molecule has 7 nitrogen and oxygen atoms in total. The number of para-hydroxylation sites is 2. The van der Waals surface area contributed by atoms with Gasteiger partial charge in [0.2, 0.25) is 4.80 Å². The number of thiazole rings is 1. The highest BCUT2D eigenvalue weighted by molar-refractivity contribution is 7.07. The van der Waals surface area contributed by atoms with Gasteiger partial charge in [0.1, 0.15) is 11.3 Å². The van der Waals surface area contributed by atoms with Crippen molar-refractivity contribution in [2.24, 2.45) is 10.1 Å². The van der Waals surface area contributed by atoms with E-state index in [4.69, 9.17) is 14.6 Å². The van der Waals surface area contributed by atoms with Crippen LogP contribution in [0.4, 0.5) is 0 Å². The van der Waals surface area contributed by atoms with Crippen LogP contribution in [0, 0.1) is 6.92 Å². The molecule has 0 spiro atoms. The van der Waals surface area contributed by atoms with Gasteiger partial charge in [-0.3, -0.25) is 4.99 Å². The number of aryl methyl sites for hydroxylation is 1. The first-order valence-electron chi connectivity index (χ1n) is 10.9. The summed E-state index contributed by atoms with van der Waals surface area (Å²) in [7, 11) is 0. The van der Waals surface area contributed by atoms with Crippen molar-refractivity contribution < 1.29 is 4.42 Å². The van der Waals surface area contributed by atoms with E-state index in [0.29, 0.717) is 22.4 Å². The van der Waals surface area contributed by atoms with Crippen LogP contribution in [-0.2, 0) is 0 Å². The lowest BCUT2D eigenvalue weighted by Crippen LogP contribution is -2.14. The van der Waals surface area contributed by atoms with Crippen LogP contribution in [0.15, 0.2) is 91.5 Å². The molecule has 2 aromatic carbocycles. The molecule has 0 N–H and O–H groups in total. The molecule has 0 radical (unpaired) electrons. The minimum Gasteiger partial charge on any atom is -0.422 e. The Morgan fingerprint density at radius 3 is 2.65 bits per heavy atom. The molecule has 0 saturated heterocycles. The zero-order valence-electron chi connectivity index (χ0n) is 19.0. The molecule has 0 amide bonds. The SMILES string of the molecule is Cc1csc(=NC(C)C)n1N=Cc1cn(-c2ccccc2)nc1-c1cc2ccccc2oc1=O. The Morgan fingerprint density at radius 1 is 1.09 bits per heavy atom. The van der Waals surface area contributed by atoms with Gasteiger partial charge < -0.3 is 4.42 Å². The van der Waals surface area contributed by atoms with Crippen LogP contribution < -0.4 is 10.4 Å². The van der Waals surface area contributed by atoms with E-state index < -0.39 is 5.63 Å². The Kier molecular flexibility index (Phi) is 5.81. The van der Waals surface area contributed by atoms with Crippen LogP contribution in [0.25, 0.3) is 27.9 Å². The highest BCUT2D eigenvalue weighted by Gasteiger charge is 2.17. The van der Waals surface area contributed by atoms with Crippen LogP contribution in [0.3, 0.4) is 0 Å². The Morgan fingerprint density at radius 2 is 1.85 bits per heavy atom. The third kappa shape index (κ3) is 4.27. The van der Waals surface area contributed by atoms with Crippen molar-refractivity contribution in [1.82, 2.24) is 14.5 Å². The lowest BCUT2D eigenvalue weighted by Gasteiger charge is -2.02. The molecule has 5 rings (SSSR count). The first-order chi connectivity index (χ1) is 16.5. The zero-order valence-corrected chi connectivity index (χ0v) is 19.9. The van der Waals surface area contributed by atoms with Gasteiger partial charge in [0.15, 0.2) is 0 Å². The maximum absolute atomic E-state index is 12.9. The van der Waals surface area contributed by atoms with E-state index >= 15 is 0 Å². The van der Waals surface area contributed by atoms with Gasteiger partial charge in [0.05, 0.1) is 23.2 Å². The Hall–Kier alpha value is -4.04. The van der Waals surface area contributed by atoms with Crippen LogP contribution in [0.2, 0.25) is 0 Å². The van der Waals surface area contributed by atoms with Gasteiger partial charge >= 0.3 is 5.63 Å². The second kappa shape index (κ2) is 9.07. The monoisotopic (exact) mass is 469 g/mol. The van der Waals surface area contributed by atoms with Crippen LogP contribution in [-0.4, -0.2) is 26.7 Å². The summed E-state index contributed by atoms with van der Waals surface area (Å²) in [5, 5.41) is 12.3. The van der Waals surface area contributed by atoms with Gasteiger partial charge in [-0.2, -0.15) is 10.2 Å². The summed E-state index contributed by atoms with van der Waals surface area (Å²) in [5.41, 5.74) is 3.53. The van der Waals surface area contributed by atoms with Crippen molar-refractivity contribution in [2.45, 2.75) is 26.8 Å². The molecule has 0 bridgehead atoms. The van der Waals surface area contributed by atoms with Crippen LogP contribution >= 0.6 is 11.3 Å². The third-order valence-electron chi connectivity index (χ3n) is 5.19. The molecule has 3 aromatic heterocycles. The average molecular weight is 470 g/mol. The summed E-state index contributed by atoms with van der Waals surface area (Å²) in [5.74, 6) is 0. The lowest BCUT2D eigenvalue weighted by atomic mass is 10.1. The van der Waals surface area contributed by atoms with Crippen molar-refractivity contribution in [2.75, 3.05) is 0 Å². The Balaban J connectivity index is 1.68. The second-order valence-electron chi connectivity index (χ2n) is 8.14. The van der Waals surface area contributed by atoms with Crippen molar-refractivity contribution in [1.29, 1.82) is 0 Å². The van der Waals surface area contributed by atoms with E-state index in [1.807, 2.05) is 86.9 Å². The minimum atomic E-state index is -0.443. The Labute approximate surface area is 200 Å². The standard InChI is InChI=1S/C26H23N5O2S/c1-17(2)28-26-31(18(3)16-34-26)27-14-20-15-30(21-10-5-4-6-11-21)29-24(20)22-13-19-9-7-8-12-23(19)33-25(22)32/h4-17H,1-3H3.